The molecule has 1 aromatic rings. The van der Waals surface area contributed by atoms with Crippen molar-refractivity contribution in [2.24, 2.45) is 0 Å². The Bertz CT molecular complexity index is 468. The van der Waals surface area contributed by atoms with E-state index in [4.69, 9.17) is 5.11 Å². The Morgan fingerprint density at radius 1 is 1.17 bits per heavy atom. The van der Waals surface area contributed by atoms with Gasteiger partial charge >= 0.3 is 5.97 Å². The van der Waals surface area contributed by atoms with Crippen molar-refractivity contribution >= 4 is 23.3 Å². The van der Waals surface area contributed by atoms with Crippen molar-refractivity contribution in [3.05, 3.63) is 29.8 Å². The van der Waals surface area contributed by atoms with Crippen molar-refractivity contribution in [2.45, 2.75) is 26.2 Å². The molecular weight excluding hydrogens is 234 g/mol. The van der Waals surface area contributed by atoms with Crippen LogP contribution in [0.1, 0.15) is 36.5 Å². The number of benzene rings is 1. The molecule has 0 bridgehead atoms. The molecule has 0 atom stereocenters. The number of ketones is 1. The summed E-state index contributed by atoms with van der Waals surface area (Å²) in [5.74, 6) is -1.34. The molecule has 5 nitrogen and oxygen atoms in total. The molecule has 0 spiro atoms. The lowest BCUT2D eigenvalue weighted by Crippen LogP contribution is -2.14. The van der Waals surface area contributed by atoms with Gasteiger partial charge in [-0.1, -0.05) is 12.1 Å². The molecule has 0 heterocycles. The molecule has 0 fully saturated rings. The summed E-state index contributed by atoms with van der Waals surface area (Å²) in [6, 6.07) is 6.72. The number of carbonyl (C=O) groups is 3. The maximum Gasteiger partial charge on any atom is 0.303 e. The second-order valence-electron chi connectivity index (χ2n) is 3.90. The number of carbonyl (C=O) groups excluding carboxylic acids is 2. The lowest BCUT2D eigenvalue weighted by Gasteiger charge is -2.08. The zero-order chi connectivity index (χ0) is 13.5. The number of Topliss-reactive ketones (excluding diaryl/α,β-unsaturated/α-hetero) is 1. The van der Waals surface area contributed by atoms with Gasteiger partial charge in [0.15, 0.2) is 5.78 Å². The zero-order valence-corrected chi connectivity index (χ0v) is 10.1. The van der Waals surface area contributed by atoms with Crippen LogP contribution in [0.5, 0.6) is 0 Å². The number of carboxylic acids is 1. The number of hydrogen-bond acceptors (Lipinski definition) is 3. The molecule has 0 aliphatic heterocycles. The monoisotopic (exact) mass is 249 g/mol. The number of hydrogen-bond donors (Lipinski definition) is 2. The van der Waals surface area contributed by atoms with E-state index in [1.54, 1.807) is 24.3 Å². The fourth-order valence-corrected chi connectivity index (χ4v) is 1.51. The Morgan fingerprint density at radius 2 is 1.83 bits per heavy atom. The first kappa shape index (κ1) is 13.9. The van der Waals surface area contributed by atoms with E-state index < -0.39 is 5.97 Å². The summed E-state index contributed by atoms with van der Waals surface area (Å²) in [5.41, 5.74) is 0.911. The summed E-state index contributed by atoms with van der Waals surface area (Å²) in [7, 11) is 0. The third kappa shape index (κ3) is 4.37. The third-order valence-electron chi connectivity index (χ3n) is 2.37. The van der Waals surface area contributed by atoms with Crippen LogP contribution in [0.2, 0.25) is 0 Å². The van der Waals surface area contributed by atoms with Crippen LogP contribution in [0.25, 0.3) is 0 Å². The number of amides is 1. The first-order chi connectivity index (χ1) is 8.50. The Morgan fingerprint density at radius 3 is 2.44 bits per heavy atom. The molecule has 1 rings (SSSR count). The Kier molecular flexibility index (Phi) is 5.05. The Labute approximate surface area is 105 Å². The molecule has 0 radical (unpaired) electrons. The molecule has 0 aliphatic carbocycles. The quantitative estimate of drug-likeness (QED) is 0.756. The third-order valence-corrected chi connectivity index (χ3v) is 2.37. The molecular formula is C13H15NO4. The number of aliphatic carboxylic acids is 1. The lowest BCUT2D eigenvalue weighted by atomic mass is 10.1. The molecule has 1 amide bonds. The highest BCUT2D eigenvalue weighted by Gasteiger charge is 2.09. The second-order valence-corrected chi connectivity index (χ2v) is 3.90. The summed E-state index contributed by atoms with van der Waals surface area (Å²) in [6.45, 7) is 1.43. The van der Waals surface area contributed by atoms with E-state index in [0.29, 0.717) is 11.3 Å². The van der Waals surface area contributed by atoms with Crippen LogP contribution in [0.4, 0.5) is 5.69 Å². The van der Waals surface area contributed by atoms with Crippen molar-refractivity contribution < 1.29 is 19.5 Å². The molecule has 96 valence electrons. The van der Waals surface area contributed by atoms with Crippen molar-refractivity contribution in [1.82, 2.24) is 0 Å². The van der Waals surface area contributed by atoms with E-state index in [0.717, 1.165) is 0 Å². The van der Waals surface area contributed by atoms with Gasteiger partial charge in [-0.05, 0) is 25.5 Å². The van der Waals surface area contributed by atoms with Crippen molar-refractivity contribution in [3.63, 3.8) is 0 Å². The van der Waals surface area contributed by atoms with E-state index in [2.05, 4.69) is 5.32 Å². The molecule has 5 heteroatoms. The maximum absolute atomic E-state index is 11.6. The predicted molar refractivity (Wildman–Crippen MR) is 66.6 cm³/mol. The molecule has 1 aromatic carbocycles. The van der Waals surface area contributed by atoms with Crippen LogP contribution in [0.15, 0.2) is 24.3 Å². The van der Waals surface area contributed by atoms with Crippen molar-refractivity contribution in [2.75, 3.05) is 5.32 Å². The number of carboxylic acid groups (broad SMARTS) is 1. The number of para-hydroxylation sites is 1. The number of rotatable bonds is 6. The predicted octanol–water partition coefficient (Wildman–Crippen LogP) is 2.08. The minimum atomic E-state index is -0.924. The van der Waals surface area contributed by atoms with Gasteiger partial charge in [-0.2, -0.15) is 0 Å². The first-order valence-electron chi connectivity index (χ1n) is 5.62. The highest BCUT2D eigenvalue weighted by atomic mass is 16.4. The van der Waals surface area contributed by atoms with E-state index >= 15 is 0 Å². The van der Waals surface area contributed by atoms with Gasteiger partial charge in [0, 0.05) is 18.4 Å². The highest BCUT2D eigenvalue weighted by molar-refractivity contribution is 6.03. The summed E-state index contributed by atoms with van der Waals surface area (Å²) in [4.78, 5) is 33.2. The van der Waals surface area contributed by atoms with Gasteiger partial charge in [0.25, 0.3) is 0 Å². The summed E-state index contributed by atoms with van der Waals surface area (Å²) in [5, 5.41) is 11.1. The topological polar surface area (TPSA) is 83.5 Å². The average molecular weight is 249 g/mol. The van der Waals surface area contributed by atoms with Gasteiger partial charge in [-0.3, -0.25) is 14.4 Å². The van der Waals surface area contributed by atoms with Crippen LogP contribution in [0.3, 0.4) is 0 Å². The molecule has 0 aromatic heterocycles. The number of anilines is 1. The largest absolute Gasteiger partial charge is 0.481 e. The van der Waals surface area contributed by atoms with Gasteiger partial charge in [0.1, 0.15) is 0 Å². The Hall–Kier alpha value is -2.17. The highest BCUT2D eigenvalue weighted by Crippen LogP contribution is 2.16. The molecule has 0 saturated heterocycles. The van der Waals surface area contributed by atoms with Gasteiger partial charge in [-0.15, -0.1) is 0 Å². The van der Waals surface area contributed by atoms with Crippen LogP contribution in [0, 0.1) is 0 Å². The van der Waals surface area contributed by atoms with E-state index in [1.807, 2.05) is 0 Å². The van der Waals surface area contributed by atoms with E-state index in [1.165, 1.54) is 6.92 Å². The minimum Gasteiger partial charge on any atom is -0.481 e. The number of nitrogens with one attached hydrogen (secondary N) is 1. The average Bonchev–Trinajstić information content (AvgIpc) is 2.28. The summed E-state index contributed by atoms with van der Waals surface area (Å²) >= 11 is 0. The first-order valence-corrected chi connectivity index (χ1v) is 5.62. The van der Waals surface area contributed by atoms with Crippen LogP contribution in [-0.4, -0.2) is 22.8 Å². The zero-order valence-electron chi connectivity index (χ0n) is 10.1. The van der Waals surface area contributed by atoms with Gasteiger partial charge in [0.2, 0.25) is 5.91 Å². The van der Waals surface area contributed by atoms with E-state index in [9.17, 15) is 14.4 Å². The van der Waals surface area contributed by atoms with Crippen LogP contribution in [-0.2, 0) is 9.59 Å². The van der Waals surface area contributed by atoms with Crippen LogP contribution < -0.4 is 5.32 Å². The molecule has 0 saturated carbocycles. The molecule has 18 heavy (non-hydrogen) atoms. The minimum absolute atomic E-state index is 0.0399. The molecule has 0 unspecified atom stereocenters. The lowest BCUT2D eigenvalue weighted by molar-refractivity contribution is -0.137. The fraction of sp³-hybridized carbons (Fsp3) is 0.308. The maximum atomic E-state index is 11.6. The van der Waals surface area contributed by atoms with Gasteiger partial charge < -0.3 is 10.4 Å². The van der Waals surface area contributed by atoms with Gasteiger partial charge in [-0.25, -0.2) is 0 Å². The molecule has 2 N–H and O–H groups in total. The second kappa shape index (κ2) is 6.54. The standard InChI is InChI=1S/C13H15NO4/c1-9(15)10-5-2-3-6-11(10)14-12(16)7-4-8-13(17)18/h2-3,5-6H,4,7-8H2,1H3,(H,14,16)(H,17,18). The van der Waals surface area contributed by atoms with E-state index in [-0.39, 0.29) is 31.0 Å². The summed E-state index contributed by atoms with van der Waals surface area (Å²) in [6.07, 6.45) is 0.365. The smallest absolute Gasteiger partial charge is 0.303 e. The van der Waals surface area contributed by atoms with Crippen LogP contribution >= 0.6 is 0 Å². The Balaban J connectivity index is 2.59. The SMILES string of the molecule is CC(=O)c1ccccc1NC(=O)CCCC(=O)O. The normalized spacial score (nSPS) is 9.83. The summed E-state index contributed by atoms with van der Waals surface area (Å²) < 4.78 is 0. The van der Waals surface area contributed by atoms with Crippen molar-refractivity contribution in [3.8, 4) is 0 Å². The van der Waals surface area contributed by atoms with Gasteiger partial charge in [0.05, 0.1) is 5.69 Å². The van der Waals surface area contributed by atoms with Crippen molar-refractivity contribution in [1.29, 1.82) is 0 Å². The fourth-order valence-electron chi connectivity index (χ4n) is 1.51. The molecule has 0 aliphatic rings.